The van der Waals surface area contributed by atoms with Gasteiger partial charge in [0.2, 0.25) is 0 Å². The Balaban J connectivity index is 2.13. The number of carbonyl (C=O) groups is 1. The van der Waals surface area contributed by atoms with Crippen molar-refractivity contribution in [2.45, 2.75) is 19.3 Å². The van der Waals surface area contributed by atoms with Gasteiger partial charge in [-0.1, -0.05) is 0 Å². The van der Waals surface area contributed by atoms with Crippen molar-refractivity contribution >= 4 is 5.97 Å². The Morgan fingerprint density at radius 2 is 2.54 bits per heavy atom. The zero-order valence-corrected chi connectivity index (χ0v) is 7.58. The van der Waals surface area contributed by atoms with Gasteiger partial charge in [0, 0.05) is 6.42 Å². The number of furan rings is 1. The quantitative estimate of drug-likeness (QED) is 0.615. The Kier molecular flexibility index (Phi) is 2.08. The highest BCUT2D eigenvalue weighted by molar-refractivity contribution is 5.73. The van der Waals surface area contributed by atoms with Gasteiger partial charge in [0.25, 0.3) is 0 Å². The van der Waals surface area contributed by atoms with Crippen molar-refractivity contribution < 1.29 is 13.9 Å². The maximum Gasteiger partial charge on any atom is 0.309 e. The molecule has 2 rings (SSSR count). The van der Waals surface area contributed by atoms with Crippen LogP contribution in [0.15, 0.2) is 16.7 Å². The maximum atomic E-state index is 11.2. The van der Waals surface area contributed by atoms with Crippen molar-refractivity contribution in [2.24, 2.45) is 5.92 Å². The lowest BCUT2D eigenvalue weighted by atomic mass is 9.89. The molecule has 3 heteroatoms. The van der Waals surface area contributed by atoms with E-state index in [-0.39, 0.29) is 11.9 Å². The Morgan fingerprint density at radius 1 is 1.69 bits per heavy atom. The second-order valence-corrected chi connectivity index (χ2v) is 3.33. The van der Waals surface area contributed by atoms with Crippen LogP contribution >= 0.6 is 0 Å². The van der Waals surface area contributed by atoms with Gasteiger partial charge in [-0.2, -0.15) is 0 Å². The summed E-state index contributed by atoms with van der Waals surface area (Å²) in [6.07, 6.45) is 4.17. The summed E-state index contributed by atoms with van der Waals surface area (Å²) >= 11 is 0. The van der Waals surface area contributed by atoms with Gasteiger partial charge in [-0.25, -0.2) is 0 Å². The molecule has 3 nitrogen and oxygen atoms in total. The molecule has 1 aliphatic rings. The molecule has 0 radical (unpaired) electrons. The van der Waals surface area contributed by atoms with E-state index in [0.29, 0.717) is 6.42 Å². The van der Waals surface area contributed by atoms with Crippen LogP contribution in [0.1, 0.15) is 17.7 Å². The largest absolute Gasteiger partial charge is 0.469 e. The number of fused-ring (bicyclic) bond motifs is 1. The zero-order chi connectivity index (χ0) is 9.26. The predicted octanol–water partition coefficient (Wildman–Crippen LogP) is 1.56. The number of aryl methyl sites for hydroxylation is 1. The molecule has 70 valence electrons. The third-order valence-electron chi connectivity index (χ3n) is 2.57. The van der Waals surface area contributed by atoms with E-state index in [4.69, 9.17) is 9.15 Å². The van der Waals surface area contributed by atoms with Gasteiger partial charge in [-0.3, -0.25) is 4.79 Å². The van der Waals surface area contributed by atoms with Crippen LogP contribution < -0.4 is 0 Å². The molecule has 1 aliphatic carbocycles. The predicted molar refractivity (Wildman–Crippen MR) is 46.2 cm³/mol. The number of hydrogen-bond donors (Lipinski definition) is 0. The van der Waals surface area contributed by atoms with E-state index in [1.807, 2.05) is 6.07 Å². The number of rotatable bonds is 1. The summed E-state index contributed by atoms with van der Waals surface area (Å²) in [6, 6.07) is 1.98. The molecule has 13 heavy (non-hydrogen) atoms. The Bertz CT molecular complexity index is 314. The Labute approximate surface area is 76.7 Å². The minimum absolute atomic E-state index is 0.0105. The standard InChI is InChI=1S/C10H12O3/c1-12-10(11)8-3-2-7-4-5-13-9(7)6-8/h4-5,8H,2-3,6H2,1H3. The van der Waals surface area contributed by atoms with Crippen molar-refractivity contribution in [3.05, 3.63) is 23.7 Å². The first-order valence-corrected chi connectivity index (χ1v) is 4.44. The van der Waals surface area contributed by atoms with Crippen LogP contribution in [0.25, 0.3) is 0 Å². The fourth-order valence-corrected chi connectivity index (χ4v) is 1.79. The minimum atomic E-state index is -0.123. The van der Waals surface area contributed by atoms with Crippen LogP contribution in [0.3, 0.4) is 0 Å². The first kappa shape index (κ1) is 8.35. The van der Waals surface area contributed by atoms with E-state index < -0.39 is 0 Å². The second kappa shape index (κ2) is 3.24. The van der Waals surface area contributed by atoms with E-state index in [1.54, 1.807) is 6.26 Å². The smallest absolute Gasteiger partial charge is 0.309 e. The molecule has 0 saturated heterocycles. The molecule has 1 aromatic rings. The van der Waals surface area contributed by atoms with Crippen LogP contribution in [0.5, 0.6) is 0 Å². The van der Waals surface area contributed by atoms with E-state index >= 15 is 0 Å². The van der Waals surface area contributed by atoms with Crippen molar-refractivity contribution in [3.8, 4) is 0 Å². The summed E-state index contributed by atoms with van der Waals surface area (Å²) in [5.41, 5.74) is 1.24. The van der Waals surface area contributed by atoms with Gasteiger partial charge in [-0.05, 0) is 24.5 Å². The third kappa shape index (κ3) is 1.46. The molecule has 1 unspecified atom stereocenters. The van der Waals surface area contributed by atoms with Crippen LogP contribution in [-0.2, 0) is 22.4 Å². The molecular weight excluding hydrogens is 168 g/mol. The van der Waals surface area contributed by atoms with Gasteiger partial charge in [0.15, 0.2) is 0 Å². The topological polar surface area (TPSA) is 39.4 Å². The van der Waals surface area contributed by atoms with Gasteiger partial charge < -0.3 is 9.15 Å². The van der Waals surface area contributed by atoms with Crippen molar-refractivity contribution in [2.75, 3.05) is 7.11 Å². The number of ether oxygens (including phenoxy) is 1. The molecule has 0 N–H and O–H groups in total. The third-order valence-corrected chi connectivity index (χ3v) is 2.57. The van der Waals surface area contributed by atoms with Gasteiger partial charge >= 0.3 is 5.97 Å². The average molecular weight is 180 g/mol. The molecule has 1 atom stereocenters. The summed E-state index contributed by atoms with van der Waals surface area (Å²) in [7, 11) is 1.43. The fraction of sp³-hybridized carbons (Fsp3) is 0.500. The highest BCUT2D eigenvalue weighted by Crippen LogP contribution is 2.26. The number of carbonyl (C=O) groups excluding carboxylic acids is 1. The highest BCUT2D eigenvalue weighted by Gasteiger charge is 2.26. The second-order valence-electron chi connectivity index (χ2n) is 3.33. The van der Waals surface area contributed by atoms with Gasteiger partial charge in [-0.15, -0.1) is 0 Å². The molecule has 0 aliphatic heterocycles. The average Bonchev–Trinajstić information content (AvgIpc) is 2.63. The molecule has 1 aromatic heterocycles. The molecular formula is C10H12O3. The van der Waals surface area contributed by atoms with Crippen molar-refractivity contribution in [1.82, 2.24) is 0 Å². The number of methoxy groups -OCH3 is 1. The van der Waals surface area contributed by atoms with E-state index in [2.05, 4.69) is 0 Å². The molecule has 0 aromatic carbocycles. The summed E-state index contributed by atoms with van der Waals surface area (Å²) in [5, 5.41) is 0. The number of hydrogen-bond acceptors (Lipinski definition) is 3. The van der Waals surface area contributed by atoms with Crippen LogP contribution in [0.4, 0.5) is 0 Å². The molecule has 1 heterocycles. The summed E-state index contributed by atoms with van der Waals surface area (Å²) in [4.78, 5) is 11.2. The highest BCUT2D eigenvalue weighted by atomic mass is 16.5. The first-order chi connectivity index (χ1) is 6.31. The fourth-order valence-electron chi connectivity index (χ4n) is 1.79. The lowest BCUT2D eigenvalue weighted by molar-refractivity contribution is -0.145. The molecule has 0 bridgehead atoms. The monoisotopic (exact) mass is 180 g/mol. The van der Waals surface area contributed by atoms with E-state index in [9.17, 15) is 4.79 Å². The van der Waals surface area contributed by atoms with Crippen LogP contribution in [0, 0.1) is 5.92 Å². The van der Waals surface area contributed by atoms with E-state index in [0.717, 1.165) is 18.6 Å². The van der Waals surface area contributed by atoms with Crippen LogP contribution in [0.2, 0.25) is 0 Å². The minimum Gasteiger partial charge on any atom is -0.469 e. The maximum absolute atomic E-state index is 11.2. The van der Waals surface area contributed by atoms with Gasteiger partial charge in [0.05, 0.1) is 19.3 Å². The SMILES string of the molecule is COC(=O)C1CCc2ccoc2C1. The molecule has 0 saturated carbocycles. The summed E-state index contributed by atoms with van der Waals surface area (Å²) in [6.45, 7) is 0. The van der Waals surface area contributed by atoms with Crippen molar-refractivity contribution in [1.29, 1.82) is 0 Å². The Morgan fingerprint density at radius 3 is 3.31 bits per heavy atom. The normalized spacial score (nSPS) is 20.8. The number of esters is 1. The Hall–Kier alpha value is -1.25. The van der Waals surface area contributed by atoms with Gasteiger partial charge in [0.1, 0.15) is 5.76 Å². The lowest BCUT2D eigenvalue weighted by Gasteiger charge is -2.18. The zero-order valence-electron chi connectivity index (χ0n) is 7.58. The lowest BCUT2D eigenvalue weighted by Crippen LogP contribution is -2.22. The van der Waals surface area contributed by atoms with Crippen LogP contribution in [-0.4, -0.2) is 13.1 Å². The van der Waals surface area contributed by atoms with E-state index in [1.165, 1.54) is 12.7 Å². The summed E-state index contributed by atoms with van der Waals surface area (Å²) < 4.78 is 9.97. The molecule has 0 amide bonds. The van der Waals surface area contributed by atoms with Crippen molar-refractivity contribution in [3.63, 3.8) is 0 Å². The summed E-state index contributed by atoms with van der Waals surface area (Å²) in [5.74, 6) is 0.812. The molecule has 0 fully saturated rings. The first-order valence-electron chi connectivity index (χ1n) is 4.44. The molecule has 0 spiro atoms.